The van der Waals surface area contributed by atoms with Crippen LogP contribution in [0, 0.1) is 18.6 Å². The second kappa shape index (κ2) is 14.6. The van der Waals surface area contributed by atoms with Crippen molar-refractivity contribution in [2.24, 2.45) is 0 Å². The zero-order chi connectivity index (χ0) is 33.5. The van der Waals surface area contributed by atoms with Crippen molar-refractivity contribution in [3.05, 3.63) is 113 Å². The van der Waals surface area contributed by atoms with E-state index in [4.69, 9.17) is 19.3 Å². The van der Waals surface area contributed by atoms with E-state index in [1.165, 1.54) is 37.4 Å². The number of aromatic carboxylic acids is 1. The number of likely N-dealkylation sites (tertiary alicyclic amines) is 1. The highest BCUT2D eigenvalue weighted by Gasteiger charge is 2.37. The van der Waals surface area contributed by atoms with Crippen LogP contribution in [0.4, 0.5) is 25.0 Å². The quantitative estimate of drug-likeness (QED) is 0.175. The Bertz CT molecular complexity index is 1770. The molecule has 4 aromatic carbocycles. The Morgan fingerprint density at radius 3 is 2.36 bits per heavy atom. The molecule has 0 radical (unpaired) electrons. The number of urea groups is 1. The number of hydrogen-bond acceptors (Lipinski definition) is 6. The van der Waals surface area contributed by atoms with Gasteiger partial charge in [-0.3, -0.25) is 4.79 Å². The van der Waals surface area contributed by atoms with Crippen molar-refractivity contribution in [2.45, 2.75) is 31.9 Å². The summed E-state index contributed by atoms with van der Waals surface area (Å²) in [6.07, 6.45) is -0.319. The third-order valence-electron chi connectivity index (χ3n) is 7.69. The van der Waals surface area contributed by atoms with E-state index in [0.29, 0.717) is 34.9 Å². The number of anilines is 2. The Kier molecular flexibility index (Phi) is 10.2. The Labute approximate surface area is 269 Å². The lowest BCUT2D eigenvalue weighted by Gasteiger charge is -2.25. The number of para-hydroxylation sites is 1. The van der Waals surface area contributed by atoms with Crippen LogP contribution >= 0.6 is 0 Å². The standard InChI is InChI=1S/C35H33F2N3O7/c1-21-5-3-4-6-29(21)38-35(44)39-30-13-7-22(15-32(30)45-2)16-33(41)40-19-27(47-31-14-10-24(36)17-28(31)37)18-25(40)20-46-26-11-8-23(9-12-26)34(42)43/h3-15,17,25,27H,16,18-20H2,1-2H3,(H,42,43)(H2,38,39,44)/t25-,27?/m0/s1. The van der Waals surface area contributed by atoms with Gasteiger partial charge in [-0.05, 0) is 72.6 Å². The average Bonchev–Trinajstić information content (AvgIpc) is 3.46. The second-order valence-corrected chi connectivity index (χ2v) is 11.0. The van der Waals surface area contributed by atoms with Gasteiger partial charge >= 0.3 is 12.0 Å². The fraction of sp³-hybridized carbons (Fsp3) is 0.229. The van der Waals surface area contributed by atoms with Gasteiger partial charge in [0.15, 0.2) is 11.6 Å². The van der Waals surface area contributed by atoms with E-state index in [0.717, 1.165) is 17.7 Å². The first-order valence-corrected chi connectivity index (χ1v) is 14.8. The van der Waals surface area contributed by atoms with Crippen molar-refractivity contribution in [3.8, 4) is 17.2 Å². The number of nitrogens with zero attached hydrogens (tertiary/aromatic N) is 1. The summed E-state index contributed by atoms with van der Waals surface area (Å²) in [5.41, 5.74) is 2.70. The lowest BCUT2D eigenvalue weighted by molar-refractivity contribution is -0.132. The Morgan fingerprint density at radius 1 is 0.915 bits per heavy atom. The van der Waals surface area contributed by atoms with Gasteiger partial charge in [0.05, 0.1) is 37.4 Å². The third-order valence-corrected chi connectivity index (χ3v) is 7.69. The van der Waals surface area contributed by atoms with Crippen LogP contribution in [-0.2, 0) is 11.2 Å². The number of carbonyl (C=O) groups is 3. The fourth-order valence-electron chi connectivity index (χ4n) is 5.27. The molecule has 244 valence electrons. The van der Waals surface area contributed by atoms with Crippen LogP contribution in [0.5, 0.6) is 17.2 Å². The van der Waals surface area contributed by atoms with E-state index in [9.17, 15) is 23.2 Å². The van der Waals surface area contributed by atoms with Gasteiger partial charge in [-0.1, -0.05) is 24.3 Å². The number of hydrogen-bond donors (Lipinski definition) is 3. The SMILES string of the molecule is COc1cc(CC(=O)N2CC(Oc3ccc(F)cc3F)C[C@H]2COc2ccc(C(=O)O)cc2)ccc1NC(=O)Nc1ccccc1C. The van der Waals surface area contributed by atoms with Gasteiger partial charge in [0.1, 0.15) is 30.0 Å². The van der Waals surface area contributed by atoms with Gasteiger partial charge in [-0.2, -0.15) is 0 Å². The molecule has 47 heavy (non-hydrogen) atoms. The van der Waals surface area contributed by atoms with Gasteiger partial charge in [-0.25, -0.2) is 18.4 Å². The van der Waals surface area contributed by atoms with Crippen LogP contribution < -0.4 is 24.8 Å². The maximum Gasteiger partial charge on any atom is 0.335 e. The Morgan fingerprint density at radius 2 is 1.66 bits per heavy atom. The first kappa shape index (κ1) is 32.7. The molecule has 1 aliphatic heterocycles. The summed E-state index contributed by atoms with van der Waals surface area (Å²) in [6, 6.07) is 20.4. The highest BCUT2D eigenvalue weighted by molar-refractivity contribution is 6.01. The van der Waals surface area contributed by atoms with Crippen LogP contribution in [0.3, 0.4) is 0 Å². The van der Waals surface area contributed by atoms with E-state index < -0.39 is 35.8 Å². The summed E-state index contributed by atoms with van der Waals surface area (Å²) in [5.74, 6) is -2.27. The van der Waals surface area contributed by atoms with E-state index in [-0.39, 0.29) is 36.8 Å². The minimum atomic E-state index is -1.07. The van der Waals surface area contributed by atoms with Crippen molar-refractivity contribution < 1.29 is 42.5 Å². The highest BCUT2D eigenvalue weighted by atomic mass is 19.1. The van der Waals surface area contributed by atoms with Crippen molar-refractivity contribution in [1.29, 1.82) is 0 Å². The number of aryl methyl sites for hydroxylation is 1. The van der Waals surface area contributed by atoms with Crippen molar-refractivity contribution >= 4 is 29.3 Å². The monoisotopic (exact) mass is 645 g/mol. The highest BCUT2D eigenvalue weighted by Crippen LogP contribution is 2.29. The molecule has 1 aliphatic rings. The number of amides is 3. The third kappa shape index (κ3) is 8.34. The molecule has 0 bridgehead atoms. The zero-order valence-electron chi connectivity index (χ0n) is 25.7. The molecule has 3 N–H and O–H groups in total. The molecular weight excluding hydrogens is 612 g/mol. The molecule has 1 saturated heterocycles. The predicted octanol–water partition coefficient (Wildman–Crippen LogP) is 6.29. The van der Waals surface area contributed by atoms with E-state index in [2.05, 4.69) is 10.6 Å². The lowest BCUT2D eigenvalue weighted by atomic mass is 10.1. The van der Waals surface area contributed by atoms with Crippen LogP contribution in [0.1, 0.15) is 27.9 Å². The van der Waals surface area contributed by atoms with E-state index >= 15 is 0 Å². The lowest BCUT2D eigenvalue weighted by Crippen LogP contribution is -2.40. The van der Waals surface area contributed by atoms with Crippen LogP contribution in [0.15, 0.2) is 84.9 Å². The van der Waals surface area contributed by atoms with Crippen LogP contribution in [0.2, 0.25) is 0 Å². The number of halogens is 2. The predicted molar refractivity (Wildman–Crippen MR) is 170 cm³/mol. The molecule has 12 heteroatoms. The summed E-state index contributed by atoms with van der Waals surface area (Å²) in [6.45, 7) is 2.07. The number of carboxylic acid groups (broad SMARTS) is 1. The summed E-state index contributed by atoms with van der Waals surface area (Å²) < 4.78 is 45.0. The number of methoxy groups -OCH3 is 1. The Balaban J connectivity index is 1.28. The summed E-state index contributed by atoms with van der Waals surface area (Å²) >= 11 is 0. The molecule has 1 fully saturated rings. The van der Waals surface area contributed by atoms with Gasteiger partial charge in [0, 0.05) is 18.2 Å². The molecule has 4 aromatic rings. The molecule has 3 amide bonds. The molecule has 10 nitrogen and oxygen atoms in total. The van der Waals surface area contributed by atoms with Crippen molar-refractivity contribution in [2.75, 3.05) is 30.9 Å². The maximum atomic E-state index is 14.4. The summed E-state index contributed by atoms with van der Waals surface area (Å²) in [4.78, 5) is 39.1. The number of carboxylic acids is 1. The summed E-state index contributed by atoms with van der Waals surface area (Å²) in [5, 5.41) is 14.7. The molecule has 0 aromatic heterocycles. The van der Waals surface area contributed by atoms with Gasteiger partial charge in [-0.15, -0.1) is 0 Å². The van der Waals surface area contributed by atoms with Crippen LogP contribution in [0.25, 0.3) is 0 Å². The normalized spacial score (nSPS) is 15.5. The number of nitrogens with one attached hydrogen (secondary N) is 2. The van der Waals surface area contributed by atoms with Crippen molar-refractivity contribution in [1.82, 2.24) is 4.90 Å². The maximum absolute atomic E-state index is 14.4. The number of ether oxygens (including phenoxy) is 3. The molecule has 1 unspecified atom stereocenters. The zero-order valence-corrected chi connectivity index (χ0v) is 25.7. The largest absolute Gasteiger partial charge is 0.495 e. The smallest absolute Gasteiger partial charge is 0.335 e. The van der Waals surface area contributed by atoms with E-state index in [1.807, 2.05) is 25.1 Å². The van der Waals surface area contributed by atoms with E-state index in [1.54, 1.807) is 29.2 Å². The van der Waals surface area contributed by atoms with Gasteiger partial charge in [0.2, 0.25) is 5.91 Å². The minimum absolute atomic E-state index is 0.0204. The minimum Gasteiger partial charge on any atom is -0.495 e. The number of benzene rings is 4. The molecular formula is C35H33F2N3O7. The van der Waals surface area contributed by atoms with Gasteiger partial charge < -0.3 is 34.9 Å². The number of rotatable bonds is 11. The molecule has 2 atom stereocenters. The second-order valence-electron chi connectivity index (χ2n) is 11.0. The molecule has 0 saturated carbocycles. The topological polar surface area (TPSA) is 126 Å². The average molecular weight is 646 g/mol. The number of carbonyl (C=O) groups excluding carboxylic acids is 2. The summed E-state index contributed by atoms with van der Waals surface area (Å²) in [7, 11) is 1.46. The fourth-order valence-corrected chi connectivity index (χ4v) is 5.27. The Hall–Kier alpha value is -5.65. The first-order chi connectivity index (χ1) is 22.6. The van der Waals surface area contributed by atoms with Crippen LogP contribution in [-0.4, -0.2) is 60.3 Å². The van der Waals surface area contributed by atoms with Crippen molar-refractivity contribution in [3.63, 3.8) is 0 Å². The molecule has 5 rings (SSSR count). The molecule has 0 aliphatic carbocycles. The van der Waals surface area contributed by atoms with Gasteiger partial charge in [0.25, 0.3) is 0 Å². The molecule has 1 heterocycles. The first-order valence-electron chi connectivity index (χ1n) is 14.8. The molecule has 0 spiro atoms.